The normalized spacial score (nSPS) is 37.6. The van der Waals surface area contributed by atoms with Gasteiger partial charge in [-0.05, 0) is 0 Å². The van der Waals surface area contributed by atoms with Crippen LogP contribution in [0.5, 0.6) is 0 Å². The van der Waals surface area contributed by atoms with Crippen LogP contribution in [0, 0.1) is 0 Å². The van der Waals surface area contributed by atoms with E-state index < -0.39 is 24.5 Å². The van der Waals surface area contributed by atoms with Crippen LogP contribution in [0.3, 0.4) is 0 Å². The molecule has 0 bridgehead atoms. The third-order valence-corrected chi connectivity index (χ3v) is 1.82. The molecule has 0 radical (unpaired) electrons. The number of nitrogens with one attached hydrogen (secondary N) is 1. The van der Waals surface area contributed by atoms with Gasteiger partial charge in [-0.25, -0.2) is 0 Å². The van der Waals surface area contributed by atoms with E-state index in [1.807, 2.05) is 0 Å². The molecule has 14 heavy (non-hydrogen) atoms. The van der Waals surface area contributed by atoms with Crippen molar-refractivity contribution in [2.24, 2.45) is 16.6 Å². The highest BCUT2D eigenvalue weighted by molar-refractivity contribution is 5.75. The monoisotopic (exact) mass is 206 g/mol. The molecule has 0 aromatic rings. The van der Waals surface area contributed by atoms with Crippen molar-refractivity contribution in [3.63, 3.8) is 0 Å². The molecule has 0 saturated carbocycles. The van der Waals surface area contributed by atoms with E-state index >= 15 is 0 Å². The summed E-state index contributed by atoms with van der Waals surface area (Å²) < 4.78 is 4.93. The van der Waals surface area contributed by atoms with Gasteiger partial charge in [-0.15, -0.1) is 5.10 Å². The van der Waals surface area contributed by atoms with Crippen molar-refractivity contribution in [1.29, 1.82) is 0 Å². The van der Waals surface area contributed by atoms with E-state index in [0.717, 1.165) is 0 Å². The third-order valence-electron chi connectivity index (χ3n) is 1.82. The molecule has 0 aromatic heterocycles. The maximum Gasteiger partial charge on any atom is 0.208 e. The first-order valence-electron chi connectivity index (χ1n) is 4.02. The van der Waals surface area contributed by atoms with Gasteiger partial charge in [-0.3, -0.25) is 5.43 Å². The summed E-state index contributed by atoms with van der Waals surface area (Å²) in [6, 6.07) is 0. The van der Waals surface area contributed by atoms with Gasteiger partial charge in [0.15, 0.2) is 6.23 Å². The van der Waals surface area contributed by atoms with Gasteiger partial charge in [0.25, 0.3) is 0 Å². The number of hydrogen-bond donors (Lipinski definition) is 6. The molecule has 0 aromatic carbocycles. The first-order valence-corrected chi connectivity index (χ1v) is 4.02. The van der Waals surface area contributed by atoms with Gasteiger partial charge >= 0.3 is 0 Å². The van der Waals surface area contributed by atoms with Crippen molar-refractivity contribution in [2.45, 2.75) is 24.5 Å². The molecule has 0 amide bonds. The Bertz CT molecular complexity index is 220. The van der Waals surface area contributed by atoms with Gasteiger partial charge in [0.1, 0.15) is 18.3 Å². The zero-order valence-corrected chi connectivity index (χ0v) is 7.37. The number of nitrogens with zero attached hydrogens (tertiary/aromatic N) is 1. The molecule has 1 heterocycles. The Morgan fingerprint density at radius 3 is 2.50 bits per heavy atom. The molecular weight excluding hydrogens is 192 g/mol. The number of hydrazone groups is 1. The quantitative estimate of drug-likeness (QED) is 0.154. The summed E-state index contributed by atoms with van der Waals surface area (Å²) in [6.07, 6.45) is -4.62. The number of aliphatic hydroxyl groups excluding tert-OH is 3. The van der Waals surface area contributed by atoms with Crippen molar-refractivity contribution in [3.05, 3.63) is 0 Å². The minimum absolute atomic E-state index is 0.101. The molecule has 1 aliphatic rings. The molecule has 0 unspecified atom stereocenters. The minimum atomic E-state index is -1.29. The lowest BCUT2D eigenvalue weighted by atomic mass is 10.1. The van der Waals surface area contributed by atoms with Crippen LogP contribution in [0.1, 0.15) is 0 Å². The van der Waals surface area contributed by atoms with Crippen LogP contribution in [0.15, 0.2) is 5.10 Å². The molecule has 82 valence electrons. The van der Waals surface area contributed by atoms with Crippen LogP contribution in [-0.4, -0.2) is 52.4 Å². The predicted octanol–water partition coefficient (Wildman–Crippen LogP) is -3.80. The molecule has 0 aliphatic carbocycles. The van der Waals surface area contributed by atoms with Crippen LogP contribution in [0.4, 0.5) is 0 Å². The maximum absolute atomic E-state index is 9.37. The van der Waals surface area contributed by atoms with Crippen LogP contribution in [-0.2, 0) is 4.74 Å². The largest absolute Gasteiger partial charge is 0.388 e. The van der Waals surface area contributed by atoms with Crippen molar-refractivity contribution in [3.8, 4) is 0 Å². The number of rotatable bonds is 2. The van der Waals surface area contributed by atoms with Crippen molar-refractivity contribution in [2.75, 3.05) is 6.61 Å². The Morgan fingerprint density at radius 2 is 1.93 bits per heavy atom. The first kappa shape index (κ1) is 11.0. The number of nitrogens with two attached hydrogens (primary N) is 2. The lowest BCUT2D eigenvalue weighted by Gasteiger charge is -2.34. The fraction of sp³-hybridized carbons (Fsp3) is 0.833. The molecule has 1 aliphatic heterocycles. The van der Waals surface area contributed by atoms with E-state index in [2.05, 4.69) is 10.5 Å². The molecule has 1 rings (SSSR count). The second-order valence-electron chi connectivity index (χ2n) is 2.97. The van der Waals surface area contributed by atoms with Gasteiger partial charge < -0.3 is 31.5 Å². The van der Waals surface area contributed by atoms with Crippen LogP contribution in [0.2, 0.25) is 0 Å². The minimum Gasteiger partial charge on any atom is -0.388 e. The highest BCUT2D eigenvalue weighted by Gasteiger charge is 2.37. The first-order chi connectivity index (χ1) is 6.52. The summed E-state index contributed by atoms with van der Waals surface area (Å²) in [5.74, 6) is -0.221. The average molecular weight is 206 g/mol. The van der Waals surface area contributed by atoms with E-state index in [-0.39, 0.29) is 12.6 Å². The fourth-order valence-electron chi connectivity index (χ4n) is 1.06. The molecule has 8 nitrogen and oxygen atoms in total. The lowest BCUT2D eigenvalue weighted by Crippen LogP contribution is -2.57. The smallest absolute Gasteiger partial charge is 0.208 e. The summed E-state index contributed by atoms with van der Waals surface area (Å²) in [7, 11) is 0. The summed E-state index contributed by atoms with van der Waals surface area (Å²) in [5.41, 5.74) is 12.4. The number of hydrogen-bond acceptors (Lipinski definition) is 6. The lowest BCUT2D eigenvalue weighted by molar-refractivity contribution is -0.195. The van der Waals surface area contributed by atoms with Crippen molar-refractivity contribution < 1.29 is 20.1 Å². The van der Waals surface area contributed by atoms with Crippen LogP contribution < -0.4 is 16.9 Å². The predicted molar refractivity (Wildman–Crippen MR) is 46.7 cm³/mol. The van der Waals surface area contributed by atoms with E-state index in [1.165, 1.54) is 0 Å². The molecule has 4 atom stereocenters. The Kier molecular flexibility index (Phi) is 3.47. The second kappa shape index (κ2) is 4.42. The molecule has 0 spiro atoms. The SMILES string of the molecule is NC(N)=NN[C@@H]1OC[C@H](O)[C@H](O)[C@H]1O. The van der Waals surface area contributed by atoms with E-state index in [4.69, 9.17) is 21.3 Å². The molecule has 8 heteroatoms. The molecule has 1 saturated heterocycles. The fourth-order valence-corrected chi connectivity index (χ4v) is 1.06. The molecular formula is C6H14N4O4. The van der Waals surface area contributed by atoms with Gasteiger partial charge in [0, 0.05) is 0 Å². The molecule has 8 N–H and O–H groups in total. The number of aliphatic hydroxyl groups is 3. The Labute approximate surface area is 80.1 Å². The van der Waals surface area contributed by atoms with Gasteiger partial charge in [-0.2, -0.15) is 0 Å². The van der Waals surface area contributed by atoms with Crippen molar-refractivity contribution in [1.82, 2.24) is 5.43 Å². The van der Waals surface area contributed by atoms with Gasteiger partial charge in [-0.1, -0.05) is 0 Å². The van der Waals surface area contributed by atoms with Gasteiger partial charge in [0.2, 0.25) is 5.96 Å². The summed E-state index contributed by atoms with van der Waals surface area (Å²) in [6.45, 7) is -0.101. The topological polar surface area (TPSA) is 146 Å². The van der Waals surface area contributed by atoms with Gasteiger partial charge in [0.05, 0.1) is 6.61 Å². The highest BCUT2D eigenvalue weighted by Crippen LogP contribution is 2.13. The average Bonchev–Trinajstić information content (AvgIpc) is 2.13. The maximum atomic E-state index is 9.37. The Hall–Kier alpha value is -1.09. The van der Waals surface area contributed by atoms with Crippen LogP contribution >= 0.6 is 0 Å². The van der Waals surface area contributed by atoms with E-state index in [0.29, 0.717) is 0 Å². The summed E-state index contributed by atoms with van der Waals surface area (Å²) in [4.78, 5) is 0. The summed E-state index contributed by atoms with van der Waals surface area (Å²) >= 11 is 0. The number of ether oxygens (including phenoxy) is 1. The third kappa shape index (κ3) is 2.45. The summed E-state index contributed by atoms with van der Waals surface area (Å²) in [5, 5.41) is 31.1. The number of guanidine groups is 1. The van der Waals surface area contributed by atoms with Crippen molar-refractivity contribution >= 4 is 5.96 Å². The zero-order chi connectivity index (χ0) is 10.7. The standard InChI is InChI=1S/C6H14N4O4/c7-6(8)10-9-5-4(13)3(12)2(11)1-14-5/h2-5,9,11-13H,1H2,(H4,7,8,10)/t2-,3-,4+,5+/m0/s1. The zero-order valence-electron chi connectivity index (χ0n) is 7.37. The Balaban J connectivity index is 2.51. The van der Waals surface area contributed by atoms with E-state index in [9.17, 15) is 10.2 Å². The van der Waals surface area contributed by atoms with Crippen LogP contribution in [0.25, 0.3) is 0 Å². The highest BCUT2D eigenvalue weighted by atomic mass is 16.5. The van der Waals surface area contributed by atoms with E-state index in [1.54, 1.807) is 0 Å². The molecule has 1 fully saturated rings. The Morgan fingerprint density at radius 1 is 1.29 bits per heavy atom. The second-order valence-corrected chi connectivity index (χ2v) is 2.97.